The molecule has 0 aliphatic carbocycles. The van der Waals surface area contributed by atoms with Crippen LogP contribution in [0.5, 0.6) is 17.2 Å². The van der Waals surface area contributed by atoms with Gasteiger partial charge in [0.2, 0.25) is 11.5 Å². The lowest BCUT2D eigenvalue weighted by Crippen LogP contribution is -2.52. The highest BCUT2D eigenvalue weighted by atomic mass is 16.6. The number of carbonyl (C=O) groups is 1. The number of rotatable bonds is 8. The molecule has 10 nitrogen and oxygen atoms in total. The number of nitrogens with one attached hydrogen (secondary N) is 1. The number of amides is 1. The number of hydrogen-bond acceptors (Lipinski definition) is 8. The molecule has 162 valence electrons. The minimum Gasteiger partial charge on any atom is -0.493 e. The number of nitro benzene ring substituents is 1. The zero-order valence-electron chi connectivity index (χ0n) is 17.7. The smallest absolute Gasteiger partial charge is 0.327 e. The molecule has 0 radical (unpaired) electrons. The van der Waals surface area contributed by atoms with Gasteiger partial charge in [-0.05, 0) is 20.8 Å². The molecule has 1 aromatic carbocycles. The first kappa shape index (κ1) is 22.7. The minimum atomic E-state index is -0.662. The largest absolute Gasteiger partial charge is 0.493 e. The maximum atomic E-state index is 12.8. The van der Waals surface area contributed by atoms with Crippen LogP contribution in [0.3, 0.4) is 0 Å². The van der Waals surface area contributed by atoms with E-state index in [1.807, 2.05) is 20.8 Å². The van der Waals surface area contributed by atoms with Crippen LogP contribution in [0.25, 0.3) is 0 Å². The summed E-state index contributed by atoms with van der Waals surface area (Å²) in [6.07, 6.45) is 0.209. The average molecular weight is 411 g/mol. The summed E-state index contributed by atoms with van der Waals surface area (Å²) in [5, 5.41) is 14.4. The van der Waals surface area contributed by atoms with Crippen LogP contribution >= 0.6 is 0 Å². The lowest BCUT2D eigenvalue weighted by molar-refractivity contribution is -0.386. The third-order valence-electron chi connectivity index (χ3n) is 4.86. The Hall–Kier alpha value is -2.59. The molecule has 1 aromatic rings. The lowest BCUT2D eigenvalue weighted by Gasteiger charge is -2.39. The molecule has 29 heavy (non-hydrogen) atoms. The fraction of sp³-hybridized carbons (Fsp3) is 0.632. The number of carbonyl (C=O) groups excluding carboxylic acids is 1. The maximum Gasteiger partial charge on any atom is 0.327 e. The summed E-state index contributed by atoms with van der Waals surface area (Å²) >= 11 is 0. The lowest BCUT2D eigenvalue weighted by atomic mass is 10.1. The Bertz CT molecular complexity index is 746. The number of benzene rings is 1. The quantitative estimate of drug-likeness (QED) is 0.509. The van der Waals surface area contributed by atoms with Crippen molar-refractivity contribution in [3.8, 4) is 17.2 Å². The highest BCUT2D eigenvalue weighted by Crippen LogP contribution is 2.46. The number of nitro groups is 1. The summed E-state index contributed by atoms with van der Waals surface area (Å²) in [5.41, 5.74) is -0.621. The van der Waals surface area contributed by atoms with Gasteiger partial charge in [-0.2, -0.15) is 0 Å². The first-order chi connectivity index (χ1) is 13.7. The van der Waals surface area contributed by atoms with E-state index in [9.17, 15) is 14.9 Å². The second kappa shape index (κ2) is 9.75. The molecule has 0 saturated carbocycles. The zero-order chi connectivity index (χ0) is 21.7. The second-order valence-electron chi connectivity index (χ2n) is 7.07. The predicted molar refractivity (Wildman–Crippen MR) is 106 cm³/mol. The number of nitrogens with zero attached hydrogens (tertiary/aromatic N) is 2. The minimum absolute atomic E-state index is 0.0360. The highest BCUT2D eigenvalue weighted by Gasteiger charge is 2.33. The van der Waals surface area contributed by atoms with Crippen LogP contribution in [0, 0.1) is 10.1 Å². The Labute approximate surface area is 170 Å². The van der Waals surface area contributed by atoms with Gasteiger partial charge in [-0.3, -0.25) is 19.8 Å². The molecule has 1 N–H and O–H groups in total. The molecule has 1 amide bonds. The molecule has 0 aromatic heterocycles. The Morgan fingerprint density at radius 1 is 1.24 bits per heavy atom. The summed E-state index contributed by atoms with van der Waals surface area (Å²) in [6.45, 7) is 7.85. The summed E-state index contributed by atoms with van der Waals surface area (Å²) in [7, 11) is 4.00. The molecule has 1 saturated heterocycles. The van der Waals surface area contributed by atoms with Crippen molar-refractivity contribution in [1.82, 2.24) is 10.2 Å². The van der Waals surface area contributed by atoms with Crippen LogP contribution in [0.2, 0.25) is 0 Å². The summed E-state index contributed by atoms with van der Waals surface area (Å²) < 4.78 is 21.3. The van der Waals surface area contributed by atoms with E-state index in [1.165, 1.54) is 27.4 Å². The topological polar surface area (TPSA) is 112 Å². The van der Waals surface area contributed by atoms with E-state index in [4.69, 9.17) is 18.9 Å². The van der Waals surface area contributed by atoms with Crippen LogP contribution in [0.4, 0.5) is 5.69 Å². The number of methoxy groups -OCH3 is 3. The molecule has 2 rings (SSSR count). The number of morpholine rings is 1. The van der Waals surface area contributed by atoms with E-state index in [0.29, 0.717) is 6.54 Å². The van der Waals surface area contributed by atoms with Crippen molar-refractivity contribution in [2.75, 3.05) is 41.0 Å². The van der Waals surface area contributed by atoms with Gasteiger partial charge in [0.15, 0.2) is 5.75 Å². The molecule has 0 unspecified atom stereocenters. The fourth-order valence-corrected chi connectivity index (χ4v) is 3.54. The maximum absolute atomic E-state index is 12.8. The summed E-state index contributed by atoms with van der Waals surface area (Å²) in [4.78, 5) is 26.0. The second-order valence-corrected chi connectivity index (χ2v) is 7.07. The van der Waals surface area contributed by atoms with Crippen molar-refractivity contribution in [3.63, 3.8) is 0 Å². The molecular weight excluding hydrogens is 382 g/mol. The van der Waals surface area contributed by atoms with Gasteiger partial charge >= 0.3 is 5.69 Å². The highest BCUT2D eigenvalue weighted by molar-refractivity contribution is 6.00. The van der Waals surface area contributed by atoms with Crippen LogP contribution < -0.4 is 19.5 Å². The summed E-state index contributed by atoms with van der Waals surface area (Å²) in [6, 6.07) is 1.33. The number of hydrogen-bond donors (Lipinski definition) is 1. The van der Waals surface area contributed by atoms with E-state index in [-0.39, 0.29) is 41.1 Å². The molecule has 3 atom stereocenters. The molecule has 1 aliphatic rings. The van der Waals surface area contributed by atoms with Crippen molar-refractivity contribution >= 4 is 11.6 Å². The van der Waals surface area contributed by atoms with Gasteiger partial charge in [-0.15, -0.1) is 0 Å². The fourth-order valence-electron chi connectivity index (χ4n) is 3.54. The monoisotopic (exact) mass is 411 g/mol. The van der Waals surface area contributed by atoms with E-state index >= 15 is 0 Å². The van der Waals surface area contributed by atoms with Crippen LogP contribution in [0.1, 0.15) is 31.1 Å². The van der Waals surface area contributed by atoms with Gasteiger partial charge in [0.05, 0.1) is 38.5 Å². The van der Waals surface area contributed by atoms with Gasteiger partial charge < -0.3 is 24.3 Å². The van der Waals surface area contributed by atoms with E-state index in [0.717, 1.165) is 13.1 Å². The third-order valence-corrected chi connectivity index (χ3v) is 4.86. The van der Waals surface area contributed by atoms with Crippen molar-refractivity contribution in [2.45, 2.75) is 39.0 Å². The van der Waals surface area contributed by atoms with Crippen molar-refractivity contribution in [2.24, 2.45) is 0 Å². The molecule has 1 fully saturated rings. The first-order valence-corrected chi connectivity index (χ1v) is 9.38. The van der Waals surface area contributed by atoms with Gasteiger partial charge in [-0.25, -0.2) is 0 Å². The molecule has 1 aliphatic heterocycles. The normalized spacial score (nSPS) is 20.6. The van der Waals surface area contributed by atoms with Crippen LogP contribution in [-0.2, 0) is 4.74 Å². The molecular formula is C19H29N3O7. The van der Waals surface area contributed by atoms with Gasteiger partial charge in [0.25, 0.3) is 5.91 Å². The third kappa shape index (κ3) is 5.07. The SMILES string of the molecule is COc1cc(C(=O)NC[C@@H](C)N2C[C@@H](C)O[C@@H](C)C2)c([N+](=O)[O-])c(OC)c1OC. The van der Waals surface area contributed by atoms with Gasteiger partial charge in [0, 0.05) is 31.7 Å². The summed E-state index contributed by atoms with van der Waals surface area (Å²) in [5.74, 6) is -0.519. The van der Waals surface area contributed by atoms with Gasteiger partial charge in [-0.1, -0.05) is 0 Å². The number of ether oxygens (including phenoxy) is 4. The standard InChI is InChI=1S/C19H29N3O7/c1-11(21-9-12(2)29-13(3)10-21)8-20-19(23)14-7-15(26-4)17(27-5)18(28-6)16(14)22(24)25/h7,11-13H,8-10H2,1-6H3,(H,20,23)/t11-,12-,13+/m1/s1. The Kier molecular flexibility index (Phi) is 7.63. The van der Waals surface area contributed by atoms with Crippen molar-refractivity contribution in [3.05, 3.63) is 21.7 Å². The van der Waals surface area contributed by atoms with Crippen molar-refractivity contribution in [1.29, 1.82) is 0 Å². The Morgan fingerprint density at radius 2 is 1.83 bits per heavy atom. The predicted octanol–water partition coefficient (Wildman–Crippen LogP) is 1.85. The zero-order valence-corrected chi connectivity index (χ0v) is 17.7. The Morgan fingerprint density at radius 3 is 2.31 bits per heavy atom. The van der Waals surface area contributed by atoms with Crippen LogP contribution in [-0.4, -0.2) is 74.9 Å². The van der Waals surface area contributed by atoms with E-state index in [1.54, 1.807) is 0 Å². The van der Waals surface area contributed by atoms with Crippen molar-refractivity contribution < 1.29 is 28.7 Å². The van der Waals surface area contributed by atoms with E-state index < -0.39 is 16.5 Å². The average Bonchev–Trinajstić information content (AvgIpc) is 2.68. The first-order valence-electron chi connectivity index (χ1n) is 9.38. The Balaban J connectivity index is 2.24. The molecule has 1 heterocycles. The van der Waals surface area contributed by atoms with Gasteiger partial charge in [0.1, 0.15) is 5.56 Å². The van der Waals surface area contributed by atoms with E-state index in [2.05, 4.69) is 10.2 Å². The molecule has 10 heteroatoms. The van der Waals surface area contributed by atoms with Crippen LogP contribution in [0.15, 0.2) is 6.07 Å². The molecule has 0 bridgehead atoms. The molecule has 0 spiro atoms.